The molecule has 1 aromatic heterocycles. The number of hydrogen-bond acceptors (Lipinski definition) is 2. The van der Waals surface area contributed by atoms with Crippen LogP contribution in [0.25, 0.3) is 10.9 Å². The van der Waals surface area contributed by atoms with Gasteiger partial charge in [-0.25, -0.2) is 0 Å². The van der Waals surface area contributed by atoms with E-state index in [1.54, 1.807) is 19.3 Å². The molecule has 1 aromatic carbocycles. The highest BCUT2D eigenvalue weighted by molar-refractivity contribution is 6.35. The zero-order valence-electron chi connectivity index (χ0n) is 8.30. The second-order valence-electron chi connectivity index (χ2n) is 3.35. The summed E-state index contributed by atoms with van der Waals surface area (Å²) >= 11 is 5.97. The van der Waals surface area contributed by atoms with Gasteiger partial charge < -0.3 is 10.3 Å². The lowest BCUT2D eigenvalue weighted by molar-refractivity contribution is 0.0994. The Kier molecular flexibility index (Phi) is 2.75. The molecular formula is C11H11ClN2O. The van der Waals surface area contributed by atoms with Crippen LogP contribution in [0.3, 0.4) is 0 Å². The molecule has 0 amide bonds. The van der Waals surface area contributed by atoms with Gasteiger partial charge >= 0.3 is 0 Å². The largest absolute Gasteiger partial charge is 0.360 e. The molecule has 0 spiro atoms. The normalized spacial score (nSPS) is 10.8. The van der Waals surface area contributed by atoms with Crippen molar-refractivity contribution in [3.63, 3.8) is 0 Å². The first kappa shape index (κ1) is 10.2. The lowest BCUT2D eigenvalue weighted by atomic mass is 10.1. The number of H-pyrrole nitrogens is 1. The van der Waals surface area contributed by atoms with E-state index in [9.17, 15) is 4.79 Å². The van der Waals surface area contributed by atoms with Crippen molar-refractivity contribution < 1.29 is 4.79 Å². The average molecular weight is 223 g/mol. The predicted molar refractivity (Wildman–Crippen MR) is 61.6 cm³/mol. The number of ketones is 1. The maximum absolute atomic E-state index is 11.6. The molecule has 2 aromatic rings. The SMILES string of the molecule is CNCC(=O)c1ccc2[nH]cc(Cl)c2c1. The van der Waals surface area contributed by atoms with Gasteiger partial charge in [0, 0.05) is 22.7 Å². The number of aromatic amines is 1. The lowest BCUT2D eigenvalue weighted by Gasteiger charge is -2.00. The van der Waals surface area contributed by atoms with E-state index in [1.807, 2.05) is 12.1 Å². The standard InChI is InChI=1S/C11H11ClN2O/c1-13-6-11(15)7-2-3-10-8(4-7)9(12)5-14-10/h2-5,13-14H,6H2,1H3. The van der Waals surface area contributed by atoms with Gasteiger partial charge in [-0.2, -0.15) is 0 Å². The number of rotatable bonds is 3. The maximum Gasteiger partial charge on any atom is 0.176 e. The molecule has 78 valence electrons. The second-order valence-corrected chi connectivity index (χ2v) is 3.76. The summed E-state index contributed by atoms with van der Waals surface area (Å²) in [6.07, 6.45) is 1.72. The van der Waals surface area contributed by atoms with E-state index in [-0.39, 0.29) is 5.78 Å². The molecule has 3 nitrogen and oxygen atoms in total. The average Bonchev–Trinajstić information content (AvgIpc) is 2.60. The first-order chi connectivity index (χ1) is 7.22. The number of nitrogens with one attached hydrogen (secondary N) is 2. The van der Waals surface area contributed by atoms with Crippen LogP contribution in [0.4, 0.5) is 0 Å². The van der Waals surface area contributed by atoms with Crippen molar-refractivity contribution in [2.75, 3.05) is 13.6 Å². The van der Waals surface area contributed by atoms with E-state index in [2.05, 4.69) is 10.3 Å². The van der Waals surface area contributed by atoms with E-state index < -0.39 is 0 Å². The minimum atomic E-state index is 0.0664. The van der Waals surface area contributed by atoms with E-state index in [0.29, 0.717) is 17.1 Å². The van der Waals surface area contributed by atoms with E-state index in [4.69, 9.17) is 11.6 Å². The number of carbonyl (C=O) groups is 1. The molecule has 15 heavy (non-hydrogen) atoms. The molecule has 0 fully saturated rings. The van der Waals surface area contributed by atoms with Crippen LogP contribution in [0.5, 0.6) is 0 Å². The minimum absolute atomic E-state index is 0.0664. The number of Topliss-reactive ketones (excluding diaryl/α,β-unsaturated/α-hetero) is 1. The molecule has 2 rings (SSSR count). The Balaban J connectivity index is 2.45. The van der Waals surface area contributed by atoms with Crippen molar-refractivity contribution in [3.05, 3.63) is 35.0 Å². The van der Waals surface area contributed by atoms with Gasteiger partial charge in [-0.15, -0.1) is 0 Å². The monoisotopic (exact) mass is 222 g/mol. The Morgan fingerprint density at radius 1 is 1.53 bits per heavy atom. The molecule has 4 heteroatoms. The van der Waals surface area contributed by atoms with Crippen molar-refractivity contribution in [3.8, 4) is 0 Å². The Hall–Kier alpha value is -1.32. The third kappa shape index (κ3) is 1.89. The summed E-state index contributed by atoms with van der Waals surface area (Å²) in [5.74, 6) is 0.0664. The van der Waals surface area contributed by atoms with Gasteiger partial charge in [-0.1, -0.05) is 11.6 Å². The van der Waals surface area contributed by atoms with Crippen LogP contribution < -0.4 is 5.32 Å². The van der Waals surface area contributed by atoms with Crippen LogP contribution in [0.1, 0.15) is 10.4 Å². The topological polar surface area (TPSA) is 44.9 Å². The molecule has 0 aliphatic rings. The fraction of sp³-hybridized carbons (Fsp3) is 0.182. The summed E-state index contributed by atoms with van der Waals surface area (Å²) in [6, 6.07) is 5.48. The second kappa shape index (κ2) is 4.04. The van der Waals surface area contributed by atoms with Gasteiger partial charge in [0.05, 0.1) is 11.6 Å². The number of fused-ring (bicyclic) bond motifs is 1. The number of hydrogen-bond donors (Lipinski definition) is 2. The van der Waals surface area contributed by atoms with Crippen molar-refractivity contribution >= 4 is 28.3 Å². The first-order valence-corrected chi connectivity index (χ1v) is 5.04. The molecule has 1 heterocycles. The smallest absolute Gasteiger partial charge is 0.176 e. The fourth-order valence-corrected chi connectivity index (χ4v) is 1.73. The highest BCUT2D eigenvalue weighted by Crippen LogP contribution is 2.23. The summed E-state index contributed by atoms with van der Waals surface area (Å²) in [4.78, 5) is 14.6. The summed E-state index contributed by atoms with van der Waals surface area (Å²) in [6.45, 7) is 0.341. The highest BCUT2D eigenvalue weighted by atomic mass is 35.5. The summed E-state index contributed by atoms with van der Waals surface area (Å²) < 4.78 is 0. The number of likely N-dealkylation sites (N-methyl/N-ethyl adjacent to an activating group) is 1. The summed E-state index contributed by atoms with van der Waals surface area (Å²) in [5, 5.41) is 4.36. The number of aromatic nitrogens is 1. The van der Waals surface area contributed by atoms with Crippen LogP contribution in [-0.4, -0.2) is 24.4 Å². The molecule has 0 saturated heterocycles. The van der Waals surface area contributed by atoms with Crippen LogP contribution in [0, 0.1) is 0 Å². The molecule has 0 atom stereocenters. The van der Waals surface area contributed by atoms with Gasteiger partial charge in [-0.3, -0.25) is 4.79 Å². The van der Waals surface area contributed by atoms with Crippen molar-refractivity contribution in [2.45, 2.75) is 0 Å². The Labute approximate surface area is 92.4 Å². The van der Waals surface area contributed by atoms with E-state index >= 15 is 0 Å². The molecule has 0 aliphatic carbocycles. The third-order valence-electron chi connectivity index (χ3n) is 2.29. The third-order valence-corrected chi connectivity index (χ3v) is 2.60. The van der Waals surface area contributed by atoms with Crippen LogP contribution >= 0.6 is 11.6 Å². The fourth-order valence-electron chi connectivity index (χ4n) is 1.52. The maximum atomic E-state index is 11.6. The van der Waals surface area contributed by atoms with Crippen LogP contribution in [0.15, 0.2) is 24.4 Å². The summed E-state index contributed by atoms with van der Waals surface area (Å²) in [7, 11) is 1.75. The number of carbonyl (C=O) groups excluding carboxylic acids is 1. The molecule has 0 unspecified atom stereocenters. The quantitative estimate of drug-likeness (QED) is 0.783. The lowest BCUT2D eigenvalue weighted by Crippen LogP contribution is -2.18. The van der Waals surface area contributed by atoms with Gasteiger partial charge in [0.2, 0.25) is 0 Å². The summed E-state index contributed by atoms with van der Waals surface area (Å²) in [5.41, 5.74) is 1.62. The van der Waals surface area contributed by atoms with E-state index in [0.717, 1.165) is 10.9 Å². The van der Waals surface area contributed by atoms with Crippen molar-refractivity contribution in [1.29, 1.82) is 0 Å². The predicted octanol–water partition coefficient (Wildman–Crippen LogP) is 2.22. The Bertz CT molecular complexity index is 504. The Morgan fingerprint density at radius 2 is 2.33 bits per heavy atom. The number of benzene rings is 1. The molecule has 0 radical (unpaired) electrons. The number of halogens is 1. The van der Waals surface area contributed by atoms with Gasteiger partial charge in [-0.05, 0) is 25.2 Å². The molecule has 0 bridgehead atoms. The van der Waals surface area contributed by atoms with Crippen molar-refractivity contribution in [1.82, 2.24) is 10.3 Å². The first-order valence-electron chi connectivity index (χ1n) is 4.67. The van der Waals surface area contributed by atoms with Crippen molar-refractivity contribution in [2.24, 2.45) is 0 Å². The van der Waals surface area contributed by atoms with E-state index in [1.165, 1.54) is 0 Å². The zero-order chi connectivity index (χ0) is 10.8. The Morgan fingerprint density at radius 3 is 3.07 bits per heavy atom. The van der Waals surface area contributed by atoms with Crippen LogP contribution in [0.2, 0.25) is 5.02 Å². The van der Waals surface area contributed by atoms with Crippen LogP contribution in [-0.2, 0) is 0 Å². The molecule has 0 aliphatic heterocycles. The van der Waals surface area contributed by atoms with Gasteiger partial charge in [0.15, 0.2) is 5.78 Å². The van der Waals surface area contributed by atoms with Gasteiger partial charge in [0.25, 0.3) is 0 Å². The van der Waals surface area contributed by atoms with Gasteiger partial charge in [0.1, 0.15) is 0 Å². The molecule has 0 saturated carbocycles. The zero-order valence-corrected chi connectivity index (χ0v) is 9.06. The minimum Gasteiger partial charge on any atom is -0.360 e. The highest BCUT2D eigenvalue weighted by Gasteiger charge is 2.07. The molecule has 2 N–H and O–H groups in total. The molecular weight excluding hydrogens is 212 g/mol.